The average molecular weight is 313 g/mol. The number of nitrogens with one attached hydrogen (secondary N) is 2. The first kappa shape index (κ1) is 15.0. The van der Waals surface area contributed by atoms with Crippen molar-refractivity contribution in [1.29, 1.82) is 0 Å². The first-order valence-corrected chi connectivity index (χ1v) is 7.33. The van der Waals surface area contributed by atoms with Gasteiger partial charge in [-0.25, -0.2) is 4.39 Å². The highest BCUT2D eigenvalue weighted by molar-refractivity contribution is 6.00. The molecule has 0 radical (unpaired) electrons. The molecule has 0 unspecified atom stereocenters. The lowest BCUT2D eigenvalue weighted by Crippen LogP contribution is -2.13. The Morgan fingerprint density at radius 3 is 2.96 bits per heavy atom. The summed E-state index contributed by atoms with van der Waals surface area (Å²) >= 11 is 0. The van der Waals surface area contributed by atoms with Crippen molar-refractivity contribution in [2.45, 2.75) is 12.8 Å². The lowest BCUT2D eigenvalue weighted by atomic mass is 10.2. The number of halogens is 1. The number of rotatable bonds is 6. The molecule has 0 fully saturated rings. The van der Waals surface area contributed by atoms with E-state index < -0.39 is 5.82 Å². The van der Waals surface area contributed by atoms with Gasteiger partial charge in [0.25, 0.3) is 0 Å². The van der Waals surface area contributed by atoms with E-state index >= 15 is 0 Å². The number of aromatic nitrogens is 2. The number of ether oxygens (including phenoxy) is 1. The van der Waals surface area contributed by atoms with Crippen molar-refractivity contribution in [3.63, 3.8) is 0 Å². The first-order valence-electron chi connectivity index (χ1n) is 7.33. The van der Waals surface area contributed by atoms with Crippen LogP contribution in [0.4, 0.5) is 10.1 Å². The van der Waals surface area contributed by atoms with Crippen LogP contribution in [-0.4, -0.2) is 22.7 Å². The van der Waals surface area contributed by atoms with Gasteiger partial charge in [0.1, 0.15) is 0 Å². The molecule has 2 N–H and O–H groups in total. The maximum atomic E-state index is 13.4. The first-order chi connectivity index (χ1) is 11.2. The molecule has 6 heteroatoms. The molecule has 0 aliphatic heterocycles. The van der Waals surface area contributed by atoms with Gasteiger partial charge in [-0.15, -0.1) is 0 Å². The van der Waals surface area contributed by atoms with Gasteiger partial charge in [0.05, 0.1) is 24.0 Å². The van der Waals surface area contributed by atoms with Crippen LogP contribution in [0.2, 0.25) is 0 Å². The van der Waals surface area contributed by atoms with E-state index in [4.69, 9.17) is 4.74 Å². The van der Waals surface area contributed by atoms with Crippen molar-refractivity contribution in [3.05, 3.63) is 54.5 Å². The van der Waals surface area contributed by atoms with E-state index in [1.54, 1.807) is 24.4 Å². The van der Waals surface area contributed by atoms with Crippen LogP contribution in [0, 0.1) is 5.82 Å². The highest BCUT2D eigenvalue weighted by Crippen LogP contribution is 2.20. The maximum absolute atomic E-state index is 13.4. The minimum Gasteiger partial charge on any atom is -0.491 e. The van der Waals surface area contributed by atoms with E-state index in [2.05, 4.69) is 15.5 Å². The molecule has 0 aliphatic rings. The number of hydrogen-bond donors (Lipinski definition) is 2. The summed E-state index contributed by atoms with van der Waals surface area (Å²) in [6, 6.07) is 11.8. The van der Waals surface area contributed by atoms with Crippen LogP contribution in [0.1, 0.15) is 12.8 Å². The number of H-pyrrole nitrogens is 1. The van der Waals surface area contributed by atoms with E-state index in [9.17, 15) is 9.18 Å². The normalized spacial score (nSPS) is 10.7. The molecule has 23 heavy (non-hydrogen) atoms. The van der Waals surface area contributed by atoms with Gasteiger partial charge in [0.15, 0.2) is 11.6 Å². The Kier molecular flexibility index (Phi) is 4.52. The molecule has 0 spiro atoms. The number of benzene rings is 2. The molecule has 118 valence electrons. The number of fused-ring (bicyclic) bond motifs is 1. The Morgan fingerprint density at radius 1 is 1.22 bits per heavy atom. The van der Waals surface area contributed by atoms with E-state index in [0.717, 1.165) is 10.9 Å². The Balaban J connectivity index is 1.48. The summed E-state index contributed by atoms with van der Waals surface area (Å²) in [6.45, 7) is 0.280. The zero-order valence-corrected chi connectivity index (χ0v) is 12.4. The molecule has 0 saturated heterocycles. The second kappa shape index (κ2) is 6.91. The molecule has 3 aromatic rings. The Hall–Kier alpha value is -2.89. The third-order valence-corrected chi connectivity index (χ3v) is 3.39. The predicted octanol–water partition coefficient (Wildman–Crippen LogP) is 3.50. The van der Waals surface area contributed by atoms with Crippen molar-refractivity contribution in [3.8, 4) is 5.75 Å². The standard InChI is InChI=1S/C17H16FN3O2/c18-13-6-1-2-8-15(13)23-10-4-9-16(22)20-14-7-3-5-12-11-19-21-17(12)14/h1-3,5-8,11H,4,9-10H2,(H,19,21)(H,20,22). The lowest BCUT2D eigenvalue weighted by Gasteiger charge is -2.08. The summed E-state index contributed by atoms with van der Waals surface area (Å²) in [5.41, 5.74) is 1.49. The molecule has 1 amide bonds. The molecule has 5 nitrogen and oxygen atoms in total. The Morgan fingerprint density at radius 2 is 2.09 bits per heavy atom. The summed E-state index contributed by atoms with van der Waals surface area (Å²) in [5, 5.41) is 10.6. The van der Waals surface area contributed by atoms with Crippen molar-refractivity contribution >= 4 is 22.5 Å². The zero-order valence-electron chi connectivity index (χ0n) is 12.4. The topological polar surface area (TPSA) is 67.0 Å². The fraction of sp³-hybridized carbons (Fsp3) is 0.176. The minimum atomic E-state index is -0.400. The number of nitrogens with zero attached hydrogens (tertiary/aromatic N) is 1. The van der Waals surface area contributed by atoms with Crippen LogP contribution in [0.25, 0.3) is 10.9 Å². The van der Waals surface area contributed by atoms with E-state index in [1.807, 2.05) is 18.2 Å². The van der Waals surface area contributed by atoms with Crippen molar-refractivity contribution < 1.29 is 13.9 Å². The summed E-state index contributed by atoms with van der Waals surface area (Å²) < 4.78 is 18.7. The van der Waals surface area contributed by atoms with Gasteiger partial charge in [-0.1, -0.05) is 24.3 Å². The Bertz CT molecular complexity index is 816. The monoisotopic (exact) mass is 313 g/mol. The van der Waals surface area contributed by atoms with Crippen LogP contribution >= 0.6 is 0 Å². The quantitative estimate of drug-likeness (QED) is 0.684. The number of para-hydroxylation sites is 2. The molecule has 3 rings (SSSR count). The SMILES string of the molecule is O=C(CCCOc1ccccc1F)Nc1cccc2cn[nH]c12. The molecule has 1 aromatic heterocycles. The number of carbonyl (C=O) groups is 1. The van der Waals surface area contributed by atoms with Crippen LogP contribution < -0.4 is 10.1 Å². The van der Waals surface area contributed by atoms with Gasteiger partial charge in [-0.3, -0.25) is 9.89 Å². The molecule has 1 heterocycles. The fourth-order valence-corrected chi connectivity index (χ4v) is 2.26. The van der Waals surface area contributed by atoms with Gasteiger partial charge >= 0.3 is 0 Å². The largest absolute Gasteiger partial charge is 0.491 e. The van der Waals surface area contributed by atoms with Gasteiger partial charge in [-0.05, 0) is 24.6 Å². The van der Waals surface area contributed by atoms with Gasteiger partial charge < -0.3 is 10.1 Å². The second-order valence-corrected chi connectivity index (χ2v) is 5.07. The second-order valence-electron chi connectivity index (χ2n) is 5.07. The van der Waals surface area contributed by atoms with E-state index in [0.29, 0.717) is 18.5 Å². The summed E-state index contributed by atoms with van der Waals surface area (Å²) in [5.74, 6) is -0.317. The van der Waals surface area contributed by atoms with E-state index in [-0.39, 0.29) is 18.3 Å². The van der Waals surface area contributed by atoms with Crippen molar-refractivity contribution in [1.82, 2.24) is 10.2 Å². The highest BCUT2D eigenvalue weighted by atomic mass is 19.1. The highest BCUT2D eigenvalue weighted by Gasteiger charge is 2.07. The molecule has 0 saturated carbocycles. The Labute approximate surface area is 132 Å². The summed E-state index contributed by atoms with van der Waals surface area (Å²) in [6.07, 6.45) is 2.49. The van der Waals surface area contributed by atoms with Crippen LogP contribution in [0.15, 0.2) is 48.7 Å². The third kappa shape index (κ3) is 3.66. The van der Waals surface area contributed by atoms with E-state index in [1.165, 1.54) is 6.07 Å². The summed E-state index contributed by atoms with van der Waals surface area (Å²) in [7, 11) is 0. The van der Waals surface area contributed by atoms with Crippen LogP contribution in [0.5, 0.6) is 5.75 Å². The van der Waals surface area contributed by atoms with Crippen LogP contribution in [-0.2, 0) is 4.79 Å². The third-order valence-electron chi connectivity index (χ3n) is 3.39. The predicted molar refractivity (Wildman–Crippen MR) is 85.9 cm³/mol. The smallest absolute Gasteiger partial charge is 0.224 e. The molecular formula is C17H16FN3O2. The lowest BCUT2D eigenvalue weighted by molar-refractivity contribution is -0.116. The minimum absolute atomic E-state index is 0.121. The average Bonchev–Trinajstić information content (AvgIpc) is 3.03. The molecule has 0 aliphatic carbocycles. The molecule has 2 aromatic carbocycles. The van der Waals surface area contributed by atoms with Crippen molar-refractivity contribution in [2.75, 3.05) is 11.9 Å². The number of carbonyl (C=O) groups excluding carboxylic acids is 1. The fourth-order valence-electron chi connectivity index (χ4n) is 2.26. The zero-order chi connectivity index (χ0) is 16.1. The molecular weight excluding hydrogens is 297 g/mol. The number of aromatic amines is 1. The van der Waals surface area contributed by atoms with Gasteiger partial charge in [0.2, 0.25) is 5.91 Å². The van der Waals surface area contributed by atoms with Crippen molar-refractivity contribution in [2.24, 2.45) is 0 Å². The molecule has 0 atom stereocenters. The number of hydrogen-bond acceptors (Lipinski definition) is 3. The number of anilines is 1. The molecule has 0 bridgehead atoms. The van der Waals surface area contributed by atoms with Gasteiger partial charge in [0, 0.05) is 11.8 Å². The van der Waals surface area contributed by atoms with Gasteiger partial charge in [-0.2, -0.15) is 5.10 Å². The van der Waals surface area contributed by atoms with Crippen LogP contribution in [0.3, 0.4) is 0 Å². The number of amides is 1. The maximum Gasteiger partial charge on any atom is 0.224 e. The summed E-state index contributed by atoms with van der Waals surface area (Å²) in [4.78, 5) is 12.0.